The third-order valence-corrected chi connectivity index (χ3v) is 7.56. The van der Waals surface area contributed by atoms with E-state index in [1.54, 1.807) is 0 Å². The zero-order valence-electron chi connectivity index (χ0n) is 19.8. The van der Waals surface area contributed by atoms with Gasteiger partial charge in [-0.05, 0) is 73.9 Å². The SMILES string of the molecule is CCOc1ccc(-c2nn(-c3ccccc3)cc2/C=C2\SC(N3CCC(C)CC3)=NC2=O)cc1Cl. The number of hydrogen-bond acceptors (Lipinski definition) is 5. The van der Waals surface area contributed by atoms with Gasteiger partial charge >= 0.3 is 0 Å². The van der Waals surface area contributed by atoms with Gasteiger partial charge in [-0.15, -0.1) is 0 Å². The molecule has 2 aromatic carbocycles. The third-order valence-electron chi connectivity index (χ3n) is 6.22. The summed E-state index contributed by atoms with van der Waals surface area (Å²) in [5.41, 5.74) is 3.34. The number of para-hydroxylation sites is 1. The second kappa shape index (κ2) is 10.3. The number of amidine groups is 1. The van der Waals surface area contributed by atoms with Crippen molar-refractivity contribution < 1.29 is 9.53 Å². The number of halogens is 1. The maximum absolute atomic E-state index is 12.8. The molecule has 180 valence electrons. The van der Waals surface area contributed by atoms with Crippen LogP contribution in [0.4, 0.5) is 0 Å². The Kier molecular flexibility index (Phi) is 6.97. The number of aliphatic imine (C=N–C) groups is 1. The number of benzene rings is 2. The molecule has 0 aliphatic carbocycles. The van der Waals surface area contributed by atoms with Gasteiger partial charge < -0.3 is 9.64 Å². The fourth-order valence-corrected chi connectivity index (χ4v) is 5.42. The van der Waals surface area contributed by atoms with E-state index >= 15 is 0 Å². The molecule has 8 heteroatoms. The van der Waals surface area contributed by atoms with Crippen LogP contribution in [-0.4, -0.2) is 45.5 Å². The number of rotatable bonds is 5. The molecule has 0 bridgehead atoms. The van der Waals surface area contributed by atoms with E-state index in [0.717, 1.165) is 59.5 Å². The smallest absolute Gasteiger partial charge is 0.286 e. The second-order valence-electron chi connectivity index (χ2n) is 8.77. The third kappa shape index (κ3) is 5.16. The van der Waals surface area contributed by atoms with E-state index in [1.165, 1.54) is 11.8 Å². The Morgan fingerprint density at radius 1 is 1.17 bits per heavy atom. The molecule has 2 aliphatic heterocycles. The van der Waals surface area contributed by atoms with E-state index in [1.807, 2.05) is 72.4 Å². The van der Waals surface area contributed by atoms with Gasteiger partial charge in [0.1, 0.15) is 11.4 Å². The zero-order chi connectivity index (χ0) is 24.4. The van der Waals surface area contributed by atoms with Crippen LogP contribution < -0.4 is 4.74 Å². The fourth-order valence-electron chi connectivity index (χ4n) is 4.23. The minimum Gasteiger partial charge on any atom is -0.492 e. The number of piperidine rings is 1. The highest BCUT2D eigenvalue weighted by Crippen LogP contribution is 2.36. The van der Waals surface area contributed by atoms with Crippen LogP contribution in [0.25, 0.3) is 23.0 Å². The molecular weight excluding hydrogens is 480 g/mol. The van der Waals surface area contributed by atoms with Gasteiger partial charge in [0.2, 0.25) is 0 Å². The first-order chi connectivity index (χ1) is 17.0. The molecule has 6 nitrogen and oxygen atoms in total. The fraction of sp³-hybridized carbons (Fsp3) is 0.296. The van der Waals surface area contributed by atoms with Crippen molar-refractivity contribution in [2.75, 3.05) is 19.7 Å². The van der Waals surface area contributed by atoms with Crippen molar-refractivity contribution in [2.45, 2.75) is 26.7 Å². The van der Waals surface area contributed by atoms with E-state index in [-0.39, 0.29) is 5.91 Å². The minimum absolute atomic E-state index is 0.202. The van der Waals surface area contributed by atoms with Crippen LogP contribution in [0.3, 0.4) is 0 Å². The molecule has 0 N–H and O–H groups in total. The van der Waals surface area contributed by atoms with E-state index in [9.17, 15) is 4.79 Å². The largest absolute Gasteiger partial charge is 0.492 e. The Morgan fingerprint density at radius 2 is 1.94 bits per heavy atom. The Bertz CT molecular complexity index is 1290. The van der Waals surface area contributed by atoms with Gasteiger partial charge in [-0.1, -0.05) is 36.7 Å². The van der Waals surface area contributed by atoms with Crippen molar-refractivity contribution in [1.29, 1.82) is 0 Å². The first-order valence-corrected chi connectivity index (χ1v) is 13.1. The van der Waals surface area contributed by atoms with Crippen LogP contribution in [0.5, 0.6) is 5.75 Å². The summed E-state index contributed by atoms with van der Waals surface area (Å²) in [6.45, 7) is 6.62. The highest BCUT2D eigenvalue weighted by atomic mass is 35.5. The van der Waals surface area contributed by atoms with Crippen molar-refractivity contribution in [3.8, 4) is 22.7 Å². The maximum atomic E-state index is 12.8. The number of nitrogens with zero attached hydrogens (tertiary/aromatic N) is 4. The van der Waals surface area contributed by atoms with Crippen molar-refractivity contribution in [1.82, 2.24) is 14.7 Å². The Morgan fingerprint density at radius 3 is 2.66 bits per heavy atom. The van der Waals surface area contributed by atoms with Crippen molar-refractivity contribution in [3.05, 3.63) is 70.2 Å². The normalized spacial score (nSPS) is 17.8. The minimum atomic E-state index is -0.202. The summed E-state index contributed by atoms with van der Waals surface area (Å²) in [6, 6.07) is 15.5. The molecule has 1 amide bonds. The van der Waals surface area contributed by atoms with Gasteiger partial charge in [-0.25, -0.2) is 4.68 Å². The lowest BCUT2D eigenvalue weighted by Gasteiger charge is -2.30. The first-order valence-electron chi connectivity index (χ1n) is 11.9. The molecule has 0 radical (unpaired) electrons. The summed E-state index contributed by atoms with van der Waals surface area (Å²) in [5, 5.41) is 6.18. The summed E-state index contributed by atoms with van der Waals surface area (Å²) < 4.78 is 7.42. The quantitative estimate of drug-likeness (QED) is 0.380. The van der Waals surface area contributed by atoms with Crippen LogP contribution in [0.15, 0.2) is 64.6 Å². The van der Waals surface area contributed by atoms with E-state index < -0.39 is 0 Å². The lowest BCUT2D eigenvalue weighted by atomic mass is 10.00. The zero-order valence-corrected chi connectivity index (χ0v) is 21.4. The number of carbonyl (C=O) groups is 1. The van der Waals surface area contributed by atoms with Crippen LogP contribution in [0, 0.1) is 5.92 Å². The van der Waals surface area contributed by atoms with Crippen LogP contribution in [0.1, 0.15) is 32.3 Å². The highest BCUT2D eigenvalue weighted by Gasteiger charge is 2.28. The van der Waals surface area contributed by atoms with Gasteiger partial charge in [0.15, 0.2) is 5.17 Å². The number of ether oxygens (including phenoxy) is 1. The number of thioether (sulfide) groups is 1. The lowest BCUT2D eigenvalue weighted by Crippen LogP contribution is -2.35. The van der Waals surface area contributed by atoms with Gasteiger partial charge in [-0.2, -0.15) is 10.1 Å². The van der Waals surface area contributed by atoms with Gasteiger partial charge in [-0.3, -0.25) is 4.79 Å². The van der Waals surface area contributed by atoms with Crippen molar-refractivity contribution in [2.24, 2.45) is 10.9 Å². The molecule has 0 unspecified atom stereocenters. The molecule has 0 atom stereocenters. The Balaban J connectivity index is 1.50. The average molecular weight is 507 g/mol. The number of likely N-dealkylation sites (tertiary alicyclic amines) is 1. The molecule has 0 saturated carbocycles. The van der Waals surface area contributed by atoms with Gasteiger partial charge in [0.25, 0.3) is 5.91 Å². The first kappa shape index (κ1) is 23.7. The summed E-state index contributed by atoms with van der Waals surface area (Å²) in [4.78, 5) is 20.0. The second-order valence-corrected chi connectivity index (χ2v) is 10.2. The predicted molar refractivity (Wildman–Crippen MR) is 143 cm³/mol. The van der Waals surface area contributed by atoms with Crippen LogP contribution >= 0.6 is 23.4 Å². The molecule has 1 saturated heterocycles. The molecule has 3 heterocycles. The van der Waals surface area contributed by atoms with E-state index in [4.69, 9.17) is 21.4 Å². The van der Waals surface area contributed by atoms with E-state index in [2.05, 4.69) is 16.8 Å². The van der Waals surface area contributed by atoms with Gasteiger partial charge in [0.05, 0.1) is 22.2 Å². The predicted octanol–water partition coefficient (Wildman–Crippen LogP) is 6.29. The lowest BCUT2D eigenvalue weighted by molar-refractivity contribution is -0.113. The van der Waals surface area contributed by atoms with Gasteiger partial charge in [0, 0.05) is 30.4 Å². The molecule has 2 aliphatic rings. The number of aromatic nitrogens is 2. The van der Waals surface area contributed by atoms with Crippen LogP contribution in [0.2, 0.25) is 5.02 Å². The number of amides is 1. The molecule has 0 spiro atoms. The maximum Gasteiger partial charge on any atom is 0.286 e. The highest BCUT2D eigenvalue weighted by molar-refractivity contribution is 8.18. The molecule has 1 aromatic heterocycles. The molecule has 5 rings (SSSR count). The molecule has 3 aromatic rings. The Hall–Kier alpha value is -3.03. The Labute approximate surface area is 214 Å². The van der Waals surface area contributed by atoms with Crippen molar-refractivity contribution >= 4 is 40.5 Å². The van der Waals surface area contributed by atoms with Crippen LogP contribution in [-0.2, 0) is 4.79 Å². The molecular formula is C27H27ClN4O2S. The monoisotopic (exact) mass is 506 g/mol. The van der Waals surface area contributed by atoms with E-state index in [0.29, 0.717) is 22.3 Å². The molecule has 35 heavy (non-hydrogen) atoms. The summed E-state index contributed by atoms with van der Waals surface area (Å²) in [5.74, 6) is 1.15. The summed E-state index contributed by atoms with van der Waals surface area (Å²) >= 11 is 7.93. The molecule has 1 fully saturated rings. The van der Waals surface area contributed by atoms with Crippen molar-refractivity contribution in [3.63, 3.8) is 0 Å². The number of carbonyl (C=O) groups excluding carboxylic acids is 1. The average Bonchev–Trinajstić information content (AvgIpc) is 3.45. The number of hydrogen-bond donors (Lipinski definition) is 0. The standard InChI is InChI=1S/C27H27ClN4O2S/c1-3-34-23-10-9-19(15-22(23)28)25-20(17-32(30-25)21-7-5-4-6-8-21)16-24-26(33)29-27(35-24)31-13-11-18(2)12-14-31/h4-10,15-18H,3,11-14H2,1-2H3/b24-16-. The summed E-state index contributed by atoms with van der Waals surface area (Å²) in [7, 11) is 0. The summed E-state index contributed by atoms with van der Waals surface area (Å²) in [6.07, 6.45) is 6.08. The topological polar surface area (TPSA) is 59.7 Å².